The molecular weight excluding hydrogens is 474 g/mol. The highest BCUT2D eigenvalue weighted by atomic mass is 35.5. The molecule has 0 unspecified atom stereocenters. The summed E-state index contributed by atoms with van der Waals surface area (Å²) in [5.74, 6) is 0.476. The van der Waals surface area contributed by atoms with Crippen LogP contribution in [0.15, 0.2) is 83.1 Å². The average molecular weight is 488 g/mol. The molecule has 0 bridgehead atoms. The number of aromatic nitrogens is 5. The maximum atomic E-state index is 13.1. The predicted octanol–water partition coefficient (Wildman–Crippen LogP) is 4.93. The van der Waals surface area contributed by atoms with E-state index in [1.807, 2.05) is 76.9 Å². The maximum absolute atomic E-state index is 13.1. The van der Waals surface area contributed by atoms with Crippen LogP contribution in [0.2, 0.25) is 5.02 Å². The van der Waals surface area contributed by atoms with Gasteiger partial charge in [0.2, 0.25) is 4.96 Å². The molecule has 2 aromatic carbocycles. The van der Waals surface area contributed by atoms with E-state index in [0.717, 1.165) is 27.4 Å². The number of hydrogen-bond acceptors (Lipinski definition) is 6. The highest BCUT2D eigenvalue weighted by molar-refractivity contribution is 7.15. The van der Waals surface area contributed by atoms with Crippen molar-refractivity contribution in [3.05, 3.63) is 104 Å². The monoisotopic (exact) mass is 487 g/mol. The van der Waals surface area contributed by atoms with E-state index in [0.29, 0.717) is 20.3 Å². The van der Waals surface area contributed by atoms with Gasteiger partial charge in [-0.3, -0.25) is 4.79 Å². The summed E-state index contributed by atoms with van der Waals surface area (Å²) < 4.78 is 3.73. The molecule has 160 valence electrons. The summed E-state index contributed by atoms with van der Waals surface area (Å²) in [7, 11) is 0. The van der Waals surface area contributed by atoms with Gasteiger partial charge in [0, 0.05) is 22.3 Å². The molecule has 9 heteroatoms. The first-order valence-corrected chi connectivity index (χ1v) is 12.1. The third-order valence-corrected chi connectivity index (χ3v) is 7.14. The van der Waals surface area contributed by atoms with Crippen molar-refractivity contribution in [2.45, 2.75) is 0 Å². The number of para-hydroxylation sites is 1. The van der Waals surface area contributed by atoms with Crippen molar-refractivity contribution in [3.8, 4) is 27.6 Å². The van der Waals surface area contributed by atoms with Crippen molar-refractivity contribution in [3.63, 3.8) is 0 Å². The molecule has 0 aliphatic carbocycles. The Balaban J connectivity index is 1.48. The molecule has 4 aromatic heterocycles. The van der Waals surface area contributed by atoms with Crippen molar-refractivity contribution < 1.29 is 0 Å². The largest absolute Gasteiger partial charge is 0.291 e. The molecule has 6 nitrogen and oxygen atoms in total. The van der Waals surface area contributed by atoms with Crippen molar-refractivity contribution >= 4 is 45.3 Å². The Labute approximate surface area is 200 Å². The quantitative estimate of drug-likeness (QED) is 0.353. The fourth-order valence-electron chi connectivity index (χ4n) is 3.54. The lowest BCUT2D eigenvalue weighted by molar-refractivity contribution is 0.885. The summed E-state index contributed by atoms with van der Waals surface area (Å²) in [5.41, 5.74) is 3.20. The second-order valence-corrected chi connectivity index (χ2v) is 9.64. The van der Waals surface area contributed by atoms with E-state index in [1.165, 1.54) is 15.9 Å². The van der Waals surface area contributed by atoms with Crippen LogP contribution in [0.25, 0.3) is 38.7 Å². The molecule has 0 saturated carbocycles. The average Bonchev–Trinajstić information content (AvgIpc) is 3.61. The van der Waals surface area contributed by atoms with Gasteiger partial charge >= 0.3 is 0 Å². The van der Waals surface area contributed by atoms with Crippen molar-refractivity contribution in [2.24, 2.45) is 0 Å². The zero-order valence-corrected chi connectivity index (χ0v) is 19.3. The topological polar surface area (TPSA) is 65.1 Å². The number of thiophene rings is 1. The van der Waals surface area contributed by atoms with Gasteiger partial charge in [-0.2, -0.15) is 14.6 Å². The smallest absolute Gasteiger partial charge is 0.266 e. The highest BCUT2D eigenvalue weighted by Gasteiger charge is 2.15. The summed E-state index contributed by atoms with van der Waals surface area (Å²) in [6.07, 6.45) is 3.81. The van der Waals surface area contributed by atoms with Crippen LogP contribution in [0.1, 0.15) is 5.56 Å². The zero-order chi connectivity index (χ0) is 22.4. The molecule has 33 heavy (non-hydrogen) atoms. The number of halogens is 1. The van der Waals surface area contributed by atoms with E-state index in [4.69, 9.17) is 16.7 Å². The molecule has 0 aliphatic rings. The lowest BCUT2D eigenvalue weighted by atomic mass is 10.2. The molecule has 0 radical (unpaired) electrons. The van der Waals surface area contributed by atoms with E-state index in [1.54, 1.807) is 23.5 Å². The highest BCUT2D eigenvalue weighted by Crippen LogP contribution is 2.28. The summed E-state index contributed by atoms with van der Waals surface area (Å²) in [6.45, 7) is 0. The van der Waals surface area contributed by atoms with Gasteiger partial charge in [-0.25, -0.2) is 4.68 Å². The lowest BCUT2D eigenvalue weighted by Crippen LogP contribution is -2.23. The van der Waals surface area contributed by atoms with E-state index in [2.05, 4.69) is 10.1 Å². The van der Waals surface area contributed by atoms with E-state index < -0.39 is 0 Å². The van der Waals surface area contributed by atoms with Crippen LogP contribution in [0.5, 0.6) is 0 Å². The maximum Gasteiger partial charge on any atom is 0.291 e. The Morgan fingerprint density at radius 2 is 1.85 bits per heavy atom. The number of thiazole rings is 1. The first-order chi connectivity index (χ1) is 16.2. The Kier molecular flexibility index (Phi) is 4.91. The van der Waals surface area contributed by atoms with Gasteiger partial charge < -0.3 is 0 Å². The number of nitrogens with zero attached hydrogens (tertiary/aromatic N) is 5. The lowest BCUT2D eigenvalue weighted by Gasteiger charge is -1.99. The van der Waals surface area contributed by atoms with Crippen LogP contribution in [-0.2, 0) is 0 Å². The van der Waals surface area contributed by atoms with Gasteiger partial charge in [-0.15, -0.1) is 16.4 Å². The summed E-state index contributed by atoms with van der Waals surface area (Å²) in [6, 6.07) is 21.2. The molecule has 4 heterocycles. The first-order valence-electron chi connectivity index (χ1n) is 10.0. The Hall–Kier alpha value is -3.59. The zero-order valence-electron chi connectivity index (χ0n) is 16.9. The molecule has 6 aromatic rings. The van der Waals surface area contributed by atoms with Gasteiger partial charge in [-0.1, -0.05) is 59.3 Å². The minimum Gasteiger partial charge on any atom is -0.266 e. The Bertz CT molecular complexity index is 1700. The molecule has 0 fully saturated rings. The molecular formula is C24H14ClN5OS2. The van der Waals surface area contributed by atoms with Crippen LogP contribution in [0.3, 0.4) is 0 Å². The molecule has 0 saturated heterocycles. The third kappa shape index (κ3) is 3.68. The SMILES string of the molecule is O=c1c(=Cc2cn(-c3ccccc3)nc2-c2cccs2)sc2nc(-c3cccc(Cl)c3)nn12. The molecule has 0 N–H and O–H groups in total. The summed E-state index contributed by atoms with van der Waals surface area (Å²) in [5, 5.41) is 11.8. The van der Waals surface area contributed by atoms with Crippen LogP contribution < -0.4 is 10.1 Å². The normalized spacial score (nSPS) is 12.1. The second-order valence-electron chi connectivity index (χ2n) is 7.25. The predicted molar refractivity (Wildman–Crippen MR) is 133 cm³/mol. The van der Waals surface area contributed by atoms with E-state index in [-0.39, 0.29) is 5.56 Å². The Morgan fingerprint density at radius 3 is 2.61 bits per heavy atom. The summed E-state index contributed by atoms with van der Waals surface area (Å²) >= 11 is 9.00. The van der Waals surface area contributed by atoms with Crippen LogP contribution in [-0.4, -0.2) is 24.4 Å². The van der Waals surface area contributed by atoms with Crippen LogP contribution in [0, 0.1) is 0 Å². The van der Waals surface area contributed by atoms with Crippen molar-refractivity contribution in [1.29, 1.82) is 0 Å². The summed E-state index contributed by atoms with van der Waals surface area (Å²) in [4.78, 5) is 19.2. The van der Waals surface area contributed by atoms with Crippen LogP contribution >= 0.6 is 34.3 Å². The minimum atomic E-state index is -0.208. The van der Waals surface area contributed by atoms with Gasteiger partial charge in [0.15, 0.2) is 5.82 Å². The molecule has 0 spiro atoms. The fraction of sp³-hybridized carbons (Fsp3) is 0. The number of benzene rings is 2. The van der Waals surface area contributed by atoms with E-state index >= 15 is 0 Å². The standard InChI is InChI=1S/C24H14ClN5OS2/c25-17-7-4-6-15(12-17)22-26-24-30(28-22)23(31)20(33-24)13-16-14-29(18-8-2-1-3-9-18)27-21(16)19-10-5-11-32-19/h1-14H. The van der Waals surface area contributed by atoms with E-state index in [9.17, 15) is 4.79 Å². The number of rotatable bonds is 4. The molecule has 0 atom stereocenters. The molecule has 0 amide bonds. The van der Waals surface area contributed by atoms with Gasteiger partial charge in [0.25, 0.3) is 5.56 Å². The van der Waals surface area contributed by atoms with Crippen LogP contribution in [0.4, 0.5) is 0 Å². The first kappa shape index (κ1) is 20.0. The van der Waals surface area contributed by atoms with Crippen molar-refractivity contribution in [2.75, 3.05) is 0 Å². The minimum absolute atomic E-state index is 0.208. The number of hydrogen-bond donors (Lipinski definition) is 0. The third-order valence-electron chi connectivity index (χ3n) is 5.07. The van der Waals surface area contributed by atoms with Gasteiger partial charge in [-0.05, 0) is 41.8 Å². The van der Waals surface area contributed by atoms with Gasteiger partial charge in [0.05, 0.1) is 15.1 Å². The number of fused-ring (bicyclic) bond motifs is 1. The van der Waals surface area contributed by atoms with Gasteiger partial charge in [0.1, 0.15) is 5.69 Å². The Morgan fingerprint density at radius 1 is 0.970 bits per heavy atom. The fourth-order valence-corrected chi connectivity index (χ4v) is 5.36. The molecule has 6 rings (SSSR count). The molecule has 0 aliphatic heterocycles. The second kappa shape index (κ2) is 8.08. The van der Waals surface area contributed by atoms with Crippen molar-refractivity contribution in [1.82, 2.24) is 24.4 Å².